The number of piperazine rings is 1. The van der Waals surface area contributed by atoms with Gasteiger partial charge < -0.3 is 4.90 Å². The van der Waals surface area contributed by atoms with E-state index >= 15 is 0 Å². The van der Waals surface area contributed by atoms with Crippen LogP contribution in [0.3, 0.4) is 0 Å². The molecule has 3 aromatic rings. The van der Waals surface area contributed by atoms with Crippen LogP contribution in [-0.2, 0) is 10.0 Å². The third kappa shape index (κ3) is 3.31. The lowest BCUT2D eigenvalue weighted by Gasteiger charge is -2.35. The number of aryl methyl sites for hydroxylation is 2. The summed E-state index contributed by atoms with van der Waals surface area (Å²) < 4.78 is 27.7. The van der Waals surface area contributed by atoms with Gasteiger partial charge in [-0.2, -0.15) is 4.31 Å². The van der Waals surface area contributed by atoms with Crippen LogP contribution in [0.4, 0.5) is 5.69 Å². The smallest absolute Gasteiger partial charge is 0.243 e. The number of hydrogen-bond acceptors (Lipinski definition) is 4. The van der Waals surface area contributed by atoms with Gasteiger partial charge in [0.05, 0.1) is 16.1 Å². The number of pyridine rings is 1. The molecule has 6 heteroatoms. The molecule has 0 bridgehead atoms. The lowest BCUT2D eigenvalue weighted by atomic mass is 10.1. The molecule has 0 saturated carbocycles. The highest BCUT2D eigenvalue weighted by molar-refractivity contribution is 7.89. The van der Waals surface area contributed by atoms with Gasteiger partial charge in [0.25, 0.3) is 0 Å². The van der Waals surface area contributed by atoms with Gasteiger partial charge in [0.2, 0.25) is 10.0 Å². The number of nitrogens with zero attached hydrogens (tertiary/aromatic N) is 3. The van der Waals surface area contributed by atoms with Crippen LogP contribution < -0.4 is 4.90 Å². The first-order chi connectivity index (χ1) is 13.0. The molecule has 4 rings (SSSR count). The molecule has 0 radical (unpaired) electrons. The minimum Gasteiger partial charge on any atom is -0.367 e. The van der Waals surface area contributed by atoms with Gasteiger partial charge in [-0.25, -0.2) is 8.42 Å². The Balaban J connectivity index is 1.56. The van der Waals surface area contributed by atoms with Crippen LogP contribution in [0.1, 0.15) is 11.1 Å². The van der Waals surface area contributed by atoms with Crippen molar-refractivity contribution in [3.63, 3.8) is 0 Å². The summed E-state index contributed by atoms with van der Waals surface area (Å²) in [5, 5.41) is 1.10. The predicted octanol–water partition coefficient (Wildman–Crippen LogP) is 3.36. The monoisotopic (exact) mass is 381 g/mol. The predicted molar refractivity (Wildman–Crippen MR) is 109 cm³/mol. The van der Waals surface area contributed by atoms with E-state index in [1.54, 1.807) is 16.6 Å². The first-order valence-electron chi connectivity index (χ1n) is 9.13. The van der Waals surface area contributed by atoms with E-state index in [-0.39, 0.29) is 0 Å². The van der Waals surface area contributed by atoms with E-state index in [9.17, 15) is 8.42 Å². The van der Waals surface area contributed by atoms with Crippen molar-refractivity contribution >= 4 is 26.6 Å². The van der Waals surface area contributed by atoms with Crippen molar-refractivity contribution in [1.29, 1.82) is 0 Å². The highest BCUT2D eigenvalue weighted by Gasteiger charge is 2.30. The van der Waals surface area contributed by atoms with Crippen LogP contribution >= 0.6 is 0 Å². The Kier molecular flexibility index (Phi) is 4.61. The molecule has 0 amide bonds. The van der Waals surface area contributed by atoms with Crippen LogP contribution in [0.25, 0.3) is 10.9 Å². The molecule has 27 heavy (non-hydrogen) atoms. The SMILES string of the molecule is Cc1ccc(S(=O)(=O)N2CCN(c3cccc4cccnc34)CC2)c(C)c1. The molecular formula is C21H23N3O2S. The molecule has 0 N–H and O–H groups in total. The molecule has 1 fully saturated rings. The standard InChI is InChI=1S/C21H23N3O2S/c1-16-8-9-20(17(2)15-16)27(25,26)24-13-11-23(12-14-24)19-7-3-5-18-6-4-10-22-21(18)19/h3-10,15H,11-14H2,1-2H3. The number of benzene rings is 2. The minimum atomic E-state index is -3.47. The van der Waals surface area contributed by atoms with Crippen molar-refractivity contribution in [2.24, 2.45) is 0 Å². The number of sulfonamides is 1. The average Bonchev–Trinajstić information content (AvgIpc) is 2.67. The zero-order chi connectivity index (χ0) is 19.0. The fourth-order valence-electron chi connectivity index (χ4n) is 3.74. The van der Waals surface area contributed by atoms with Crippen molar-refractivity contribution in [1.82, 2.24) is 9.29 Å². The van der Waals surface area contributed by atoms with Crippen molar-refractivity contribution in [3.8, 4) is 0 Å². The lowest BCUT2D eigenvalue weighted by molar-refractivity contribution is 0.385. The highest BCUT2D eigenvalue weighted by Crippen LogP contribution is 2.27. The topological polar surface area (TPSA) is 53.5 Å². The van der Waals surface area contributed by atoms with Gasteiger partial charge in [0.15, 0.2) is 0 Å². The van der Waals surface area contributed by atoms with Crippen LogP contribution in [0, 0.1) is 13.8 Å². The molecule has 140 valence electrons. The number of rotatable bonds is 3. The van der Waals surface area contributed by atoms with Crippen LogP contribution in [0.2, 0.25) is 0 Å². The lowest BCUT2D eigenvalue weighted by Crippen LogP contribution is -2.48. The van der Waals surface area contributed by atoms with Crippen molar-refractivity contribution < 1.29 is 8.42 Å². The van der Waals surface area contributed by atoms with Gasteiger partial charge in [-0.1, -0.05) is 35.9 Å². The molecule has 0 aliphatic carbocycles. The molecule has 0 unspecified atom stereocenters. The number of anilines is 1. The quantitative estimate of drug-likeness (QED) is 0.698. The number of para-hydroxylation sites is 1. The summed E-state index contributed by atoms with van der Waals surface area (Å²) in [5.74, 6) is 0. The van der Waals surface area contributed by atoms with Crippen LogP contribution in [0.5, 0.6) is 0 Å². The summed E-state index contributed by atoms with van der Waals surface area (Å²) in [6, 6.07) is 15.6. The fourth-order valence-corrected chi connectivity index (χ4v) is 5.37. The third-order valence-corrected chi connectivity index (χ3v) is 7.20. The number of hydrogen-bond donors (Lipinski definition) is 0. The van der Waals surface area contributed by atoms with E-state index in [1.165, 1.54) is 0 Å². The maximum absolute atomic E-state index is 13.1. The summed E-state index contributed by atoms with van der Waals surface area (Å²) in [5.41, 5.74) is 3.90. The molecule has 1 saturated heterocycles. The molecule has 0 atom stereocenters. The maximum atomic E-state index is 13.1. The second-order valence-electron chi connectivity index (χ2n) is 7.01. The van der Waals surface area contributed by atoms with Crippen LogP contribution in [-0.4, -0.2) is 43.9 Å². The zero-order valence-electron chi connectivity index (χ0n) is 15.6. The van der Waals surface area contributed by atoms with Gasteiger partial charge in [-0.3, -0.25) is 4.98 Å². The molecule has 2 aromatic carbocycles. The van der Waals surface area contributed by atoms with E-state index < -0.39 is 10.0 Å². The number of fused-ring (bicyclic) bond motifs is 1. The van der Waals surface area contributed by atoms with Crippen molar-refractivity contribution in [2.45, 2.75) is 18.7 Å². The second kappa shape index (κ2) is 6.94. The minimum absolute atomic E-state index is 0.411. The molecule has 0 spiro atoms. The molecule has 2 heterocycles. The number of aromatic nitrogens is 1. The van der Waals surface area contributed by atoms with Gasteiger partial charge in [-0.15, -0.1) is 0 Å². The van der Waals surface area contributed by atoms with E-state index in [2.05, 4.69) is 16.0 Å². The van der Waals surface area contributed by atoms with E-state index in [4.69, 9.17) is 0 Å². The van der Waals surface area contributed by atoms with E-state index in [1.807, 2.05) is 50.2 Å². The molecular weight excluding hydrogens is 358 g/mol. The summed E-state index contributed by atoms with van der Waals surface area (Å²) in [6.45, 7) is 6.08. The Morgan fingerprint density at radius 1 is 0.926 bits per heavy atom. The molecule has 5 nitrogen and oxygen atoms in total. The summed E-state index contributed by atoms with van der Waals surface area (Å²) >= 11 is 0. The van der Waals surface area contributed by atoms with E-state index in [0.717, 1.165) is 27.7 Å². The Hall–Kier alpha value is -2.44. The summed E-state index contributed by atoms with van der Waals surface area (Å²) in [4.78, 5) is 7.15. The third-order valence-electron chi connectivity index (χ3n) is 5.14. The second-order valence-corrected chi connectivity index (χ2v) is 8.92. The Morgan fingerprint density at radius 2 is 1.67 bits per heavy atom. The van der Waals surface area contributed by atoms with Crippen LogP contribution in [0.15, 0.2) is 59.6 Å². The average molecular weight is 382 g/mol. The Morgan fingerprint density at radius 3 is 2.41 bits per heavy atom. The molecule has 1 aliphatic heterocycles. The largest absolute Gasteiger partial charge is 0.367 e. The fraction of sp³-hybridized carbons (Fsp3) is 0.286. The first-order valence-corrected chi connectivity index (χ1v) is 10.6. The van der Waals surface area contributed by atoms with E-state index in [0.29, 0.717) is 31.1 Å². The normalized spacial score (nSPS) is 16.0. The first kappa shape index (κ1) is 17.9. The molecule has 1 aromatic heterocycles. The van der Waals surface area contributed by atoms with Gasteiger partial charge in [0.1, 0.15) is 0 Å². The Bertz CT molecular complexity index is 1080. The summed E-state index contributed by atoms with van der Waals surface area (Å²) in [6.07, 6.45) is 1.80. The van der Waals surface area contributed by atoms with Gasteiger partial charge in [-0.05, 0) is 37.6 Å². The zero-order valence-corrected chi connectivity index (χ0v) is 16.4. The maximum Gasteiger partial charge on any atom is 0.243 e. The van der Waals surface area contributed by atoms with Crippen molar-refractivity contribution in [2.75, 3.05) is 31.1 Å². The Labute approximate surface area is 160 Å². The highest BCUT2D eigenvalue weighted by atomic mass is 32.2. The van der Waals surface area contributed by atoms with Crippen molar-refractivity contribution in [3.05, 3.63) is 65.9 Å². The summed E-state index contributed by atoms with van der Waals surface area (Å²) in [7, 11) is -3.47. The van der Waals surface area contributed by atoms with Gasteiger partial charge >= 0.3 is 0 Å². The molecule has 1 aliphatic rings. The van der Waals surface area contributed by atoms with Gasteiger partial charge in [0, 0.05) is 37.8 Å².